The van der Waals surface area contributed by atoms with Crippen LogP contribution in [0.25, 0.3) is 27.8 Å². The Morgan fingerprint density at radius 1 is 1.16 bits per heavy atom. The number of fused-ring (bicyclic) bond motifs is 1. The van der Waals surface area contributed by atoms with Crippen LogP contribution in [0.4, 0.5) is 13.2 Å². The minimum Gasteiger partial charge on any atom is -0.482 e. The van der Waals surface area contributed by atoms with Crippen LogP contribution in [0, 0.1) is 0 Å². The summed E-state index contributed by atoms with van der Waals surface area (Å²) in [6.07, 6.45) is -2.49. The van der Waals surface area contributed by atoms with Crippen molar-refractivity contribution in [3.8, 4) is 22.6 Å². The average molecular weight is 430 g/mol. The van der Waals surface area contributed by atoms with Gasteiger partial charge >= 0.3 is 12.1 Å². The van der Waals surface area contributed by atoms with Crippen molar-refractivity contribution in [3.05, 3.63) is 76.9 Å². The number of halogens is 3. The maximum atomic E-state index is 13.8. The van der Waals surface area contributed by atoms with E-state index in [0.29, 0.717) is 5.69 Å². The number of hydrogen-bond donors (Lipinski definition) is 1. The van der Waals surface area contributed by atoms with E-state index in [1.54, 1.807) is 30.3 Å². The van der Waals surface area contributed by atoms with E-state index in [2.05, 4.69) is 5.10 Å². The molecule has 0 aliphatic carbocycles. The lowest BCUT2D eigenvalue weighted by Gasteiger charge is -2.12. The molecule has 0 saturated carbocycles. The summed E-state index contributed by atoms with van der Waals surface area (Å²) in [5.74, 6) is -2.79. The minimum absolute atomic E-state index is 0.0455. The van der Waals surface area contributed by atoms with E-state index in [4.69, 9.17) is 14.3 Å². The number of ether oxygens (including phenoxy) is 1. The number of para-hydroxylation sites is 1. The van der Waals surface area contributed by atoms with Crippen LogP contribution in [0.5, 0.6) is 5.75 Å². The number of carboxylic acid groups (broad SMARTS) is 1. The molecule has 0 amide bonds. The fourth-order valence-corrected chi connectivity index (χ4v) is 3.04. The Hall–Kier alpha value is -4.08. The number of carboxylic acids is 1. The highest BCUT2D eigenvalue weighted by molar-refractivity contribution is 5.84. The first kappa shape index (κ1) is 20.2. The molecule has 0 saturated heterocycles. The molecular formula is C21H13F3N2O5. The maximum absolute atomic E-state index is 13.8. The summed E-state index contributed by atoms with van der Waals surface area (Å²) in [7, 11) is 0. The van der Waals surface area contributed by atoms with Crippen molar-refractivity contribution in [2.45, 2.75) is 6.18 Å². The van der Waals surface area contributed by atoms with Gasteiger partial charge in [-0.3, -0.25) is 4.79 Å². The quantitative estimate of drug-likeness (QED) is 0.512. The van der Waals surface area contributed by atoms with Crippen molar-refractivity contribution in [2.75, 3.05) is 6.61 Å². The molecule has 0 unspecified atom stereocenters. The van der Waals surface area contributed by atoms with Crippen LogP contribution in [0.2, 0.25) is 0 Å². The van der Waals surface area contributed by atoms with Crippen molar-refractivity contribution in [1.29, 1.82) is 0 Å². The second kappa shape index (κ2) is 7.63. The molecule has 7 nitrogen and oxygen atoms in total. The van der Waals surface area contributed by atoms with Crippen LogP contribution in [0.15, 0.2) is 70.1 Å². The van der Waals surface area contributed by atoms with Crippen LogP contribution in [-0.4, -0.2) is 27.5 Å². The molecular weight excluding hydrogens is 417 g/mol. The van der Waals surface area contributed by atoms with Gasteiger partial charge in [-0.15, -0.1) is 0 Å². The molecule has 1 N–H and O–H groups in total. The Labute approximate surface area is 171 Å². The van der Waals surface area contributed by atoms with Gasteiger partial charge in [0, 0.05) is 17.8 Å². The Bertz CT molecular complexity index is 1330. The summed E-state index contributed by atoms with van der Waals surface area (Å²) >= 11 is 0. The molecule has 10 heteroatoms. The van der Waals surface area contributed by atoms with Crippen molar-refractivity contribution >= 4 is 16.9 Å². The summed E-state index contributed by atoms with van der Waals surface area (Å²) in [6, 6.07) is 12.2. The van der Waals surface area contributed by atoms with Gasteiger partial charge in [-0.25, -0.2) is 9.48 Å². The van der Waals surface area contributed by atoms with Gasteiger partial charge in [0.15, 0.2) is 6.61 Å². The van der Waals surface area contributed by atoms with Gasteiger partial charge in [-0.05, 0) is 24.3 Å². The molecule has 2 heterocycles. The number of rotatable bonds is 5. The van der Waals surface area contributed by atoms with E-state index in [1.165, 1.54) is 23.0 Å². The normalized spacial score (nSPS) is 11.6. The SMILES string of the molecule is O=C(O)COc1ccc2c(=O)c(-c3cnn(-c4ccccc4)c3)c(C(F)(F)F)oc2c1. The van der Waals surface area contributed by atoms with E-state index in [-0.39, 0.29) is 22.3 Å². The zero-order valence-corrected chi connectivity index (χ0v) is 15.6. The average Bonchev–Trinajstić information content (AvgIpc) is 3.21. The van der Waals surface area contributed by atoms with Gasteiger partial charge < -0.3 is 14.3 Å². The molecule has 31 heavy (non-hydrogen) atoms. The number of aromatic nitrogens is 2. The minimum atomic E-state index is -4.96. The Kier molecular flexibility index (Phi) is 4.97. The molecule has 0 spiro atoms. The molecule has 0 aliphatic heterocycles. The number of carbonyl (C=O) groups is 1. The fraction of sp³-hybridized carbons (Fsp3) is 0.0952. The van der Waals surface area contributed by atoms with Gasteiger partial charge in [0.05, 0.1) is 22.8 Å². The first-order valence-electron chi connectivity index (χ1n) is 8.87. The number of hydrogen-bond acceptors (Lipinski definition) is 5. The molecule has 0 atom stereocenters. The van der Waals surface area contributed by atoms with Crippen LogP contribution >= 0.6 is 0 Å². The van der Waals surface area contributed by atoms with E-state index in [0.717, 1.165) is 12.3 Å². The van der Waals surface area contributed by atoms with Gasteiger partial charge in [-0.2, -0.15) is 18.3 Å². The number of alkyl halides is 3. The highest BCUT2D eigenvalue weighted by Gasteiger charge is 2.39. The zero-order chi connectivity index (χ0) is 22.2. The number of nitrogens with zero attached hydrogens (tertiary/aromatic N) is 2. The summed E-state index contributed by atoms with van der Waals surface area (Å²) in [6.45, 7) is -0.696. The van der Waals surface area contributed by atoms with E-state index in [1.807, 2.05) is 0 Å². The van der Waals surface area contributed by atoms with Crippen molar-refractivity contribution in [1.82, 2.24) is 9.78 Å². The van der Waals surface area contributed by atoms with E-state index >= 15 is 0 Å². The first-order chi connectivity index (χ1) is 14.7. The van der Waals surface area contributed by atoms with Gasteiger partial charge in [0.25, 0.3) is 0 Å². The monoisotopic (exact) mass is 430 g/mol. The third-order valence-electron chi connectivity index (χ3n) is 4.38. The third-order valence-corrected chi connectivity index (χ3v) is 4.38. The highest BCUT2D eigenvalue weighted by atomic mass is 19.4. The van der Waals surface area contributed by atoms with Crippen LogP contribution in [0.3, 0.4) is 0 Å². The van der Waals surface area contributed by atoms with Crippen LogP contribution in [-0.2, 0) is 11.0 Å². The Morgan fingerprint density at radius 3 is 2.58 bits per heavy atom. The summed E-state index contributed by atoms with van der Waals surface area (Å²) < 4.78 is 52.6. The zero-order valence-electron chi connectivity index (χ0n) is 15.6. The standard InChI is InChI=1S/C21H13F3N2O5/c22-21(23,24)20-18(12-9-25-26(10-12)13-4-2-1-3-5-13)19(29)15-7-6-14(8-16(15)31-20)30-11-17(27)28/h1-10H,11H2,(H,27,28). The topological polar surface area (TPSA) is 94.6 Å². The van der Waals surface area contributed by atoms with Crippen molar-refractivity contribution in [3.63, 3.8) is 0 Å². The maximum Gasteiger partial charge on any atom is 0.450 e. The Morgan fingerprint density at radius 2 is 1.90 bits per heavy atom. The first-order valence-corrected chi connectivity index (χ1v) is 8.87. The second-order valence-corrected chi connectivity index (χ2v) is 6.48. The molecule has 4 aromatic rings. The lowest BCUT2D eigenvalue weighted by Crippen LogP contribution is -2.16. The number of aliphatic carboxylic acids is 1. The highest BCUT2D eigenvalue weighted by Crippen LogP contribution is 2.37. The molecule has 2 aromatic heterocycles. The number of benzene rings is 2. The van der Waals surface area contributed by atoms with Crippen molar-refractivity contribution in [2.24, 2.45) is 0 Å². The molecule has 0 bridgehead atoms. The summed E-state index contributed by atoms with van der Waals surface area (Å²) in [5, 5.41) is 12.6. The smallest absolute Gasteiger partial charge is 0.450 e. The van der Waals surface area contributed by atoms with Gasteiger partial charge in [0.1, 0.15) is 11.3 Å². The third kappa shape index (κ3) is 4.00. The molecule has 2 aromatic carbocycles. The van der Waals surface area contributed by atoms with Gasteiger partial charge in [-0.1, -0.05) is 18.2 Å². The molecule has 4 rings (SSSR count). The van der Waals surface area contributed by atoms with E-state index < -0.39 is 35.5 Å². The van der Waals surface area contributed by atoms with E-state index in [9.17, 15) is 22.8 Å². The summed E-state index contributed by atoms with van der Waals surface area (Å²) in [5.41, 5.74) is -1.39. The lowest BCUT2D eigenvalue weighted by molar-refractivity contribution is -0.152. The second-order valence-electron chi connectivity index (χ2n) is 6.48. The van der Waals surface area contributed by atoms with Crippen LogP contribution in [0.1, 0.15) is 5.76 Å². The predicted molar refractivity (Wildman–Crippen MR) is 103 cm³/mol. The molecule has 0 radical (unpaired) electrons. The Balaban J connectivity index is 1.88. The van der Waals surface area contributed by atoms with Crippen LogP contribution < -0.4 is 10.2 Å². The molecule has 158 valence electrons. The van der Waals surface area contributed by atoms with Gasteiger partial charge in [0.2, 0.25) is 11.2 Å². The predicted octanol–water partition coefficient (Wildman–Crippen LogP) is 4.13. The molecule has 0 aliphatic rings. The summed E-state index contributed by atoms with van der Waals surface area (Å²) in [4.78, 5) is 23.6. The lowest BCUT2D eigenvalue weighted by atomic mass is 10.0. The largest absolute Gasteiger partial charge is 0.482 e. The fourth-order valence-electron chi connectivity index (χ4n) is 3.04. The van der Waals surface area contributed by atoms with Crippen molar-refractivity contribution < 1.29 is 32.2 Å². The molecule has 0 fully saturated rings.